The van der Waals surface area contributed by atoms with E-state index < -0.39 is 36.5 Å². The molecule has 1 heterocycles. The number of benzene rings is 1. The van der Waals surface area contributed by atoms with Crippen LogP contribution in [-0.2, 0) is 4.74 Å². The lowest BCUT2D eigenvalue weighted by molar-refractivity contribution is -0.202. The van der Waals surface area contributed by atoms with Crippen molar-refractivity contribution < 1.29 is 22.3 Å². The number of amidine groups is 1. The zero-order valence-corrected chi connectivity index (χ0v) is 14.8. The summed E-state index contributed by atoms with van der Waals surface area (Å²) in [6.07, 6.45) is -6.17. The molecular weight excluding hydrogens is 376 g/mol. The Morgan fingerprint density at radius 1 is 1.21 bits per heavy atom. The van der Waals surface area contributed by atoms with E-state index in [0.29, 0.717) is 16.9 Å². The summed E-state index contributed by atoms with van der Waals surface area (Å²) in [6, 6.07) is 6.15. The van der Waals surface area contributed by atoms with Crippen LogP contribution < -0.4 is 11.5 Å². The number of ether oxygens (including phenoxy) is 1. The summed E-state index contributed by atoms with van der Waals surface area (Å²) < 4.78 is 57.7. The Balaban J connectivity index is 2.24. The minimum atomic E-state index is -4.74. The van der Waals surface area contributed by atoms with Crippen LogP contribution in [0.2, 0.25) is 0 Å². The number of rotatable bonds is 4. The van der Waals surface area contributed by atoms with Crippen LogP contribution in [0.3, 0.4) is 0 Å². The number of anilines is 1. The molecule has 0 saturated carbocycles. The van der Waals surface area contributed by atoms with Crippen LogP contribution in [0, 0.1) is 23.1 Å². The van der Waals surface area contributed by atoms with Gasteiger partial charge in [0.15, 0.2) is 6.10 Å². The number of hydrogen-bond acceptors (Lipinski definition) is 4. The Bertz CT molecular complexity index is 901. The van der Waals surface area contributed by atoms with Gasteiger partial charge in [-0.25, -0.2) is 9.37 Å². The molecule has 0 bridgehead atoms. The van der Waals surface area contributed by atoms with E-state index in [0.717, 1.165) is 6.07 Å². The summed E-state index contributed by atoms with van der Waals surface area (Å²) in [6.45, 7) is 1.43. The van der Waals surface area contributed by atoms with Crippen molar-refractivity contribution in [1.82, 2.24) is 4.98 Å². The monoisotopic (exact) mass is 394 g/mol. The van der Waals surface area contributed by atoms with Crippen molar-refractivity contribution in [2.24, 2.45) is 5.73 Å². The second-order valence-corrected chi connectivity index (χ2v) is 6.11. The summed E-state index contributed by atoms with van der Waals surface area (Å²) in [5.41, 5.74) is 11.5. The van der Waals surface area contributed by atoms with Crippen LogP contribution in [0.25, 0.3) is 0 Å². The smallest absolute Gasteiger partial charge is 0.425 e. The first-order chi connectivity index (χ1) is 13.1. The van der Waals surface area contributed by atoms with Gasteiger partial charge in [-0.15, -0.1) is 0 Å². The second-order valence-electron chi connectivity index (χ2n) is 6.11. The van der Waals surface area contributed by atoms with Crippen LogP contribution in [0.4, 0.5) is 23.4 Å². The van der Waals surface area contributed by atoms with E-state index in [4.69, 9.17) is 16.9 Å². The van der Waals surface area contributed by atoms with Crippen molar-refractivity contribution in [3.8, 4) is 11.8 Å². The number of pyridine rings is 1. The third kappa shape index (κ3) is 5.87. The summed E-state index contributed by atoms with van der Waals surface area (Å²) in [4.78, 5) is 3.90. The van der Waals surface area contributed by atoms with Crippen molar-refractivity contribution in [2.75, 3.05) is 5.73 Å². The third-order valence-electron chi connectivity index (χ3n) is 3.87. The molecule has 2 atom stereocenters. The van der Waals surface area contributed by atoms with Crippen molar-refractivity contribution in [3.05, 3.63) is 59.0 Å². The molecule has 0 aliphatic heterocycles. The molecule has 2 aromatic rings. The molecule has 0 aliphatic rings. The van der Waals surface area contributed by atoms with Gasteiger partial charge in [-0.05, 0) is 41.8 Å². The average Bonchev–Trinajstić information content (AvgIpc) is 2.60. The highest BCUT2D eigenvalue weighted by molar-refractivity contribution is 5.67. The largest absolute Gasteiger partial charge is 0.453 e. The number of hydrogen-bond donors (Lipinski definition) is 3. The van der Waals surface area contributed by atoms with Gasteiger partial charge < -0.3 is 16.2 Å². The number of nitrogens with one attached hydrogen (secondary N) is 1. The molecular formula is C19H18F4N4O. The van der Waals surface area contributed by atoms with E-state index in [2.05, 4.69) is 21.6 Å². The molecule has 0 saturated heterocycles. The van der Waals surface area contributed by atoms with Crippen LogP contribution in [0.5, 0.6) is 0 Å². The summed E-state index contributed by atoms with van der Waals surface area (Å²) in [5, 5.41) is 6.93. The maximum atomic E-state index is 14.2. The molecule has 5 nitrogen and oxygen atoms in total. The van der Waals surface area contributed by atoms with Gasteiger partial charge in [-0.1, -0.05) is 18.8 Å². The van der Waals surface area contributed by atoms with Gasteiger partial charge in [0.05, 0.1) is 0 Å². The number of nitrogen functional groups attached to an aromatic ring is 1. The quantitative estimate of drug-likeness (QED) is 0.320. The average molecular weight is 394 g/mol. The standard InChI is InChI=1S/C19H18F4N4O/c1-11(8-16(19(21,22)23)28-18(25)26)14-9-12(4-6-15(14)20)2-3-13-5-7-17(24)27-10-13/h4-7,9-11,16H,8H2,1H3,(H2,24,27)(H3,25,26)/t11-,16+/m1/s1. The zero-order chi connectivity index (χ0) is 20.9. The minimum absolute atomic E-state index is 0.0589. The Hall–Kier alpha value is -3.28. The summed E-state index contributed by atoms with van der Waals surface area (Å²) in [7, 11) is 0. The topological polar surface area (TPSA) is 98.0 Å². The lowest BCUT2D eigenvalue weighted by Crippen LogP contribution is -2.37. The lowest BCUT2D eigenvalue weighted by atomic mass is 9.93. The van der Waals surface area contributed by atoms with Gasteiger partial charge in [0, 0.05) is 23.7 Å². The highest BCUT2D eigenvalue weighted by Crippen LogP contribution is 2.32. The predicted octanol–water partition coefficient (Wildman–Crippen LogP) is 3.54. The molecule has 148 valence electrons. The third-order valence-corrected chi connectivity index (χ3v) is 3.87. The highest BCUT2D eigenvalue weighted by atomic mass is 19.4. The predicted molar refractivity (Wildman–Crippen MR) is 96.9 cm³/mol. The molecule has 1 aromatic heterocycles. The first-order valence-corrected chi connectivity index (χ1v) is 8.16. The van der Waals surface area contributed by atoms with Gasteiger partial charge in [0.2, 0.25) is 0 Å². The molecule has 0 unspecified atom stereocenters. The maximum absolute atomic E-state index is 14.2. The fourth-order valence-corrected chi connectivity index (χ4v) is 2.47. The number of nitrogens with zero attached hydrogens (tertiary/aromatic N) is 1. The van der Waals surface area contributed by atoms with E-state index >= 15 is 0 Å². The molecule has 1 aromatic carbocycles. The van der Waals surface area contributed by atoms with Crippen LogP contribution in [0.1, 0.15) is 36.0 Å². The highest BCUT2D eigenvalue weighted by Gasteiger charge is 2.43. The summed E-state index contributed by atoms with van der Waals surface area (Å²) >= 11 is 0. The van der Waals surface area contributed by atoms with E-state index in [1.165, 1.54) is 25.3 Å². The van der Waals surface area contributed by atoms with Crippen LogP contribution >= 0.6 is 0 Å². The minimum Gasteiger partial charge on any atom is -0.453 e. The SMILES string of the molecule is C[C@H](C[C@H](OC(=N)N)C(F)(F)F)c1cc(C#Cc2ccc(N)nc2)ccc1F. The molecule has 2 rings (SSSR count). The number of alkyl halides is 3. The molecule has 9 heteroatoms. The number of halogens is 4. The molecule has 5 N–H and O–H groups in total. The summed E-state index contributed by atoms with van der Waals surface area (Å²) in [5.74, 6) is 4.47. The van der Waals surface area contributed by atoms with Crippen molar-refractivity contribution in [3.63, 3.8) is 0 Å². The normalized spacial score (nSPS) is 13.2. The fourth-order valence-electron chi connectivity index (χ4n) is 2.47. The van der Waals surface area contributed by atoms with Crippen LogP contribution in [0.15, 0.2) is 36.5 Å². The van der Waals surface area contributed by atoms with Gasteiger partial charge in [0.1, 0.15) is 11.6 Å². The molecule has 28 heavy (non-hydrogen) atoms. The Morgan fingerprint density at radius 2 is 1.86 bits per heavy atom. The molecule has 0 aliphatic carbocycles. The number of nitrogens with two attached hydrogens (primary N) is 2. The second kappa shape index (κ2) is 8.61. The van der Waals surface area contributed by atoms with Crippen molar-refractivity contribution >= 4 is 11.8 Å². The van der Waals surface area contributed by atoms with Crippen molar-refractivity contribution in [2.45, 2.75) is 31.5 Å². The molecule has 0 fully saturated rings. The van der Waals surface area contributed by atoms with Gasteiger partial charge in [0.25, 0.3) is 6.02 Å². The Morgan fingerprint density at radius 3 is 2.43 bits per heavy atom. The maximum Gasteiger partial charge on any atom is 0.425 e. The first kappa shape index (κ1) is 21.0. The Labute approximate surface area is 159 Å². The van der Waals surface area contributed by atoms with E-state index in [-0.39, 0.29) is 5.56 Å². The number of aromatic nitrogens is 1. The van der Waals surface area contributed by atoms with Crippen molar-refractivity contribution in [1.29, 1.82) is 5.41 Å². The van der Waals surface area contributed by atoms with Gasteiger partial charge in [-0.2, -0.15) is 13.2 Å². The van der Waals surface area contributed by atoms with E-state index in [1.54, 1.807) is 12.1 Å². The first-order valence-electron chi connectivity index (χ1n) is 8.16. The van der Waals surface area contributed by atoms with Gasteiger partial charge in [-0.3, -0.25) is 5.41 Å². The van der Waals surface area contributed by atoms with E-state index in [1.807, 2.05) is 0 Å². The molecule has 0 amide bonds. The lowest BCUT2D eigenvalue weighted by Gasteiger charge is -2.24. The fraction of sp³-hybridized carbons (Fsp3) is 0.263. The van der Waals surface area contributed by atoms with Gasteiger partial charge >= 0.3 is 6.18 Å². The van der Waals surface area contributed by atoms with E-state index in [9.17, 15) is 17.6 Å². The van der Waals surface area contributed by atoms with Crippen LogP contribution in [-0.4, -0.2) is 23.3 Å². The molecule has 0 spiro atoms. The zero-order valence-electron chi connectivity index (χ0n) is 14.8. The Kier molecular flexibility index (Phi) is 6.46. The molecule has 0 radical (unpaired) electrons.